The summed E-state index contributed by atoms with van der Waals surface area (Å²) >= 11 is -2.21. The van der Waals surface area contributed by atoms with Crippen molar-refractivity contribution in [3.63, 3.8) is 0 Å². The van der Waals surface area contributed by atoms with Gasteiger partial charge in [-0.1, -0.05) is 6.92 Å². The van der Waals surface area contributed by atoms with Crippen LogP contribution in [0, 0.1) is 0 Å². The van der Waals surface area contributed by atoms with E-state index in [0.717, 1.165) is 5.56 Å². The Hall–Kier alpha value is -1.40. The molecule has 0 aliphatic carbocycles. The molecule has 0 bridgehead atoms. The van der Waals surface area contributed by atoms with Gasteiger partial charge >= 0.3 is 140 Å². The van der Waals surface area contributed by atoms with Crippen molar-refractivity contribution in [2.45, 2.75) is 131 Å². The van der Waals surface area contributed by atoms with Crippen molar-refractivity contribution in [1.29, 1.82) is 0 Å². The number of hydrogen-bond acceptors (Lipinski definition) is 6. The number of halogens is 3. The normalized spacial score (nSPS) is 14.6. The summed E-state index contributed by atoms with van der Waals surface area (Å²) in [6.45, 7) is 16.3. The second kappa shape index (κ2) is 16.8. The number of pyridine rings is 2. The van der Waals surface area contributed by atoms with E-state index >= 15 is 0 Å². The molecule has 0 saturated heterocycles. The van der Waals surface area contributed by atoms with Crippen molar-refractivity contribution >= 4 is 32.2 Å². The second-order valence-electron chi connectivity index (χ2n) is 12.5. The number of aromatic nitrogens is 2. The molecule has 3 rings (SSSR count). The van der Waals surface area contributed by atoms with Crippen molar-refractivity contribution in [2.24, 2.45) is 0 Å². The molecule has 6 nitrogen and oxygen atoms in total. The summed E-state index contributed by atoms with van der Waals surface area (Å²) in [4.78, 5) is 11.1. The van der Waals surface area contributed by atoms with Gasteiger partial charge in [0.05, 0.1) is 5.69 Å². The minimum atomic E-state index is -5.72. The molecule has 0 saturated carbocycles. The summed E-state index contributed by atoms with van der Waals surface area (Å²) in [5.41, 5.74) is -3.69. The maximum Gasteiger partial charge on any atom is 0.534 e. The molecule has 11 heteroatoms. The third-order valence-electron chi connectivity index (χ3n) is 8.25. The van der Waals surface area contributed by atoms with Crippen LogP contribution in [0.1, 0.15) is 104 Å². The zero-order chi connectivity index (χ0) is 32.3. The van der Waals surface area contributed by atoms with Gasteiger partial charge in [0.15, 0.2) is 0 Å². The molecule has 0 unspecified atom stereocenters. The minimum absolute atomic E-state index is 0.0428. The van der Waals surface area contributed by atoms with Crippen LogP contribution in [0.5, 0.6) is 5.88 Å². The van der Waals surface area contributed by atoms with Gasteiger partial charge in [0.2, 0.25) is 5.88 Å². The number of alkyl halides is 3. The summed E-state index contributed by atoms with van der Waals surface area (Å²) in [5, 5.41) is 0. The molecular weight excluding hydrogens is 682 g/mol. The van der Waals surface area contributed by atoms with Gasteiger partial charge in [-0.05, 0) is 38.8 Å². The predicted molar refractivity (Wildman–Crippen MR) is 172 cm³/mol. The first-order valence-electron chi connectivity index (χ1n) is 15.8. The quantitative estimate of drug-likeness (QED) is 0.118. The van der Waals surface area contributed by atoms with Crippen LogP contribution in [-0.2, 0) is 29.5 Å². The van der Waals surface area contributed by atoms with E-state index in [9.17, 15) is 21.6 Å². The van der Waals surface area contributed by atoms with Crippen molar-refractivity contribution in [2.75, 3.05) is 6.54 Å². The molecule has 0 aromatic carbocycles. The van der Waals surface area contributed by atoms with Crippen molar-refractivity contribution < 1.29 is 25.8 Å². The van der Waals surface area contributed by atoms with E-state index in [0.29, 0.717) is 37.2 Å². The largest absolute Gasteiger partial charge is 0.534 e. The Morgan fingerprint density at radius 2 is 1.53 bits per heavy atom. The van der Waals surface area contributed by atoms with Gasteiger partial charge in [0, 0.05) is 30.6 Å². The third kappa shape index (κ3) is 10.9. The molecular formula is C32H52F3N3O3SSn. The van der Waals surface area contributed by atoms with Crippen LogP contribution in [0.4, 0.5) is 13.2 Å². The Kier molecular flexibility index (Phi) is 14.7. The van der Waals surface area contributed by atoms with Crippen LogP contribution in [0.2, 0.25) is 13.3 Å². The van der Waals surface area contributed by atoms with Crippen molar-refractivity contribution in [3.05, 3.63) is 47.3 Å². The fourth-order valence-electron chi connectivity index (χ4n) is 5.53. The maximum absolute atomic E-state index is 12.5. The molecule has 244 valence electrons. The van der Waals surface area contributed by atoms with Crippen LogP contribution >= 0.6 is 0 Å². The van der Waals surface area contributed by atoms with Gasteiger partial charge < -0.3 is 4.18 Å². The van der Waals surface area contributed by atoms with Gasteiger partial charge in [-0.3, -0.25) is 4.90 Å². The van der Waals surface area contributed by atoms with E-state index in [1.807, 2.05) is 6.20 Å². The monoisotopic (exact) mass is 735 g/mol. The first-order chi connectivity index (χ1) is 20.1. The van der Waals surface area contributed by atoms with Gasteiger partial charge in [0.1, 0.15) is 0 Å². The minimum Gasteiger partial charge on any atom is -0.355 e. The standard InChI is InChI=1S/C15H21F3N2O3S.C5H4N.3C4H9.Sn/c1-5-10-8-11-9-20(14(2,3)4)7-6-12(11)19-13(10)23-24(21,22)15(16,17)18;1-2-4-6-5-3-1;3*1-3-4-2;/h8H,5-7,9H2,1-4H3;1-4H;3*1,3-4H2,2H3;. The molecule has 2 aromatic heterocycles. The average Bonchev–Trinajstić information content (AvgIpc) is 2.96. The molecule has 0 amide bonds. The molecule has 0 fully saturated rings. The molecule has 0 atom stereocenters. The van der Waals surface area contributed by atoms with E-state index in [4.69, 9.17) is 4.98 Å². The summed E-state index contributed by atoms with van der Waals surface area (Å²) in [6, 6.07) is 8.32. The fraction of sp³-hybridized carbons (Fsp3) is 0.688. The number of unbranched alkanes of at least 4 members (excludes halogenated alkanes) is 3. The van der Waals surface area contributed by atoms with Gasteiger partial charge in [-0.2, -0.15) is 21.6 Å². The van der Waals surface area contributed by atoms with E-state index in [-0.39, 0.29) is 5.54 Å². The topological polar surface area (TPSA) is 72.4 Å². The van der Waals surface area contributed by atoms with Crippen LogP contribution in [0.3, 0.4) is 0 Å². The predicted octanol–water partition coefficient (Wildman–Crippen LogP) is 8.17. The molecule has 1 aliphatic heterocycles. The number of aryl methyl sites for hydroxylation is 1. The van der Waals surface area contributed by atoms with Gasteiger partial charge in [-0.15, -0.1) is 0 Å². The van der Waals surface area contributed by atoms with Crippen LogP contribution in [0.25, 0.3) is 0 Å². The average molecular weight is 735 g/mol. The first-order valence-corrected chi connectivity index (χ1v) is 24.7. The second-order valence-corrected chi connectivity index (χ2v) is 27.1. The van der Waals surface area contributed by atoms with Crippen LogP contribution in [0.15, 0.2) is 30.5 Å². The van der Waals surface area contributed by atoms with Gasteiger partial charge in [0.25, 0.3) is 0 Å². The van der Waals surface area contributed by atoms with E-state index in [1.54, 1.807) is 16.7 Å². The van der Waals surface area contributed by atoms with E-state index in [1.165, 1.54) is 51.8 Å². The van der Waals surface area contributed by atoms with Gasteiger partial charge in [-0.25, -0.2) is 4.98 Å². The maximum atomic E-state index is 12.5. The molecule has 0 N–H and O–H groups in total. The third-order valence-corrected chi connectivity index (χ3v) is 24.4. The summed E-state index contributed by atoms with van der Waals surface area (Å²) in [7, 11) is -5.72. The summed E-state index contributed by atoms with van der Waals surface area (Å²) in [6.07, 6.45) is 11.1. The smallest absolute Gasteiger partial charge is 0.355 e. The Bertz CT molecular complexity index is 1210. The summed E-state index contributed by atoms with van der Waals surface area (Å²) < 4.78 is 70.4. The number of rotatable bonds is 13. The zero-order valence-electron chi connectivity index (χ0n) is 27.2. The van der Waals surface area contributed by atoms with E-state index in [2.05, 4.69) is 73.8 Å². The molecule has 0 radical (unpaired) electrons. The van der Waals surface area contributed by atoms with Crippen molar-refractivity contribution in [3.8, 4) is 5.88 Å². The molecule has 43 heavy (non-hydrogen) atoms. The number of hydrogen-bond donors (Lipinski definition) is 0. The molecule has 0 spiro atoms. The zero-order valence-corrected chi connectivity index (χ0v) is 30.9. The molecule has 3 heterocycles. The number of fused-ring (bicyclic) bond motifs is 1. The fourth-order valence-corrected chi connectivity index (χ4v) is 21.4. The van der Waals surface area contributed by atoms with Crippen LogP contribution < -0.4 is 7.89 Å². The Labute approximate surface area is 262 Å². The SMILES string of the molecule is CCC[CH2][Sn]([CH2]CCC)([CH2]CCC)[c]1ccccn1.CCc1cc2c(nc1OS(=O)(=O)C(F)(F)F)CCN(C(C)(C)C)C2. The van der Waals surface area contributed by atoms with E-state index < -0.39 is 39.9 Å². The molecule has 2 aromatic rings. The van der Waals surface area contributed by atoms with Crippen molar-refractivity contribution in [1.82, 2.24) is 14.9 Å². The Morgan fingerprint density at radius 3 is 1.98 bits per heavy atom. The van der Waals surface area contributed by atoms with Crippen LogP contribution in [-0.4, -0.2) is 59.3 Å². The number of nitrogens with zero attached hydrogens (tertiary/aromatic N) is 3. The summed E-state index contributed by atoms with van der Waals surface area (Å²) in [5.74, 6) is -0.474. The Morgan fingerprint density at radius 1 is 0.953 bits per heavy atom. The first kappa shape index (κ1) is 37.8. The molecule has 1 aliphatic rings. The Balaban J connectivity index is 0.000000309.